The molecule has 0 radical (unpaired) electrons. The van der Waals surface area contributed by atoms with Gasteiger partial charge < -0.3 is 34.2 Å². The minimum Gasteiger partial charge on any atom is -0.356 e. The van der Waals surface area contributed by atoms with E-state index in [4.69, 9.17) is 34.2 Å². The van der Waals surface area contributed by atoms with E-state index in [2.05, 4.69) is 0 Å². The molecule has 0 saturated heterocycles. The third-order valence-electron chi connectivity index (χ3n) is 2.80. The predicted octanol–water partition coefficient (Wildman–Crippen LogP) is 1.45. The number of methoxy groups -OCH3 is 1. The summed E-state index contributed by atoms with van der Waals surface area (Å²) in [6.45, 7) is 8.86. The molecule has 0 amide bonds. The summed E-state index contributed by atoms with van der Waals surface area (Å²) in [7, 11) is 1.59. The van der Waals surface area contributed by atoms with Gasteiger partial charge in [-0.15, -0.1) is 0 Å². The molecule has 0 aliphatic carbocycles. The fourth-order valence-corrected chi connectivity index (χ4v) is 1.20. The first-order chi connectivity index (χ1) is 9.99. The smallest absolute Gasteiger partial charge is 0.157 e. The van der Waals surface area contributed by atoms with Gasteiger partial charge in [-0.3, -0.25) is 0 Å². The Labute approximate surface area is 128 Å². The summed E-state index contributed by atoms with van der Waals surface area (Å²) in [5.41, 5.74) is 5.74. The van der Waals surface area contributed by atoms with Crippen molar-refractivity contribution in [1.29, 1.82) is 0 Å². The molecule has 0 heterocycles. The fourth-order valence-electron chi connectivity index (χ4n) is 1.20. The molecule has 0 aromatic carbocycles. The van der Waals surface area contributed by atoms with E-state index in [1.165, 1.54) is 0 Å². The van der Waals surface area contributed by atoms with Crippen LogP contribution in [0.1, 0.15) is 34.1 Å². The molecule has 0 fully saturated rings. The zero-order valence-corrected chi connectivity index (χ0v) is 13.9. The van der Waals surface area contributed by atoms with Crippen LogP contribution in [-0.2, 0) is 28.4 Å². The molecule has 0 aromatic heterocycles. The highest BCUT2D eigenvalue weighted by Gasteiger charge is 2.08. The number of nitrogens with two attached hydrogens (primary N) is 1. The molecule has 4 unspecified atom stereocenters. The molecule has 7 nitrogen and oxygen atoms in total. The Morgan fingerprint density at radius 1 is 0.810 bits per heavy atom. The third-order valence-corrected chi connectivity index (χ3v) is 2.80. The molecule has 0 aromatic rings. The van der Waals surface area contributed by atoms with Crippen LogP contribution in [0.2, 0.25) is 0 Å². The normalized spacial score (nSPS) is 17.4. The standard InChI is InChI=1S/C14H31NO6/c1-6-14(15)9-19-13(4)21-10-20-12(3)18-8-7-17-11(2)16-5/h11-14H,6-10,15H2,1-5H3. The fraction of sp³-hybridized carbons (Fsp3) is 1.00. The van der Waals surface area contributed by atoms with Crippen LogP contribution < -0.4 is 5.73 Å². The minimum atomic E-state index is -0.378. The van der Waals surface area contributed by atoms with Gasteiger partial charge in [0.2, 0.25) is 0 Å². The van der Waals surface area contributed by atoms with Gasteiger partial charge in [0.25, 0.3) is 0 Å². The molecule has 2 N–H and O–H groups in total. The van der Waals surface area contributed by atoms with Crippen molar-refractivity contribution in [3.8, 4) is 0 Å². The van der Waals surface area contributed by atoms with Gasteiger partial charge >= 0.3 is 0 Å². The van der Waals surface area contributed by atoms with Crippen molar-refractivity contribution < 1.29 is 28.4 Å². The van der Waals surface area contributed by atoms with Crippen molar-refractivity contribution in [1.82, 2.24) is 0 Å². The average molecular weight is 309 g/mol. The number of rotatable bonds is 14. The van der Waals surface area contributed by atoms with Gasteiger partial charge in [-0.25, -0.2) is 0 Å². The third kappa shape index (κ3) is 13.1. The van der Waals surface area contributed by atoms with Crippen molar-refractivity contribution >= 4 is 0 Å². The quantitative estimate of drug-likeness (QED) is 0.384. The molecule has 0 bridgehead atoms. The minimum absolute atomic E-state index is 0.0358. The Hall–Kier alpha value is -0.280. The largest absolute Gasteiger partial charge is 0.356 e. The van der Waals surface area contributed by atoms with Crippen LogP contribution in [0.5, 0.6) is 0 Å². The summed E-state index contributed by atoms with van der Waals surface area (Å²) >= 11 is 0. The van der Waals surface area contributed by atoms with E-state index in [-0.39, 0.29) is 31.7 Å². The summed E-state index contributed by atoms with van der Waals surface area (Å²) in [5.74, 6) is 0. The number of hydrogen-bond donors (Lipinski definition) is 1. The van der Waals surface area contributed by atoms with E-state index in [0.29, 0.717) is 19.8 Å². The maximum absolute atomic E-state index is 5.74. The summed E-state index contributed by atoms with van der Waals surface area (Å²) in [6.07, 6.45) is -0.101. The van der Waals surface area contributed by atoms with Crippen LogP contribution in [0, 0.1) is 0 Å². The summed E-state index contributed by atoms with van der Waals surface area (Å²) < 4.78 is 31.7. The van der Waals surface area contributed by atoms with E-state index < -0.39 is 0 Å². The molecule has 128 valence electrons. The molecule has 4 atom stereocenters. The number of ether oxygens (including phenoxy) is 6. The highest BCUT2D eigenvalue weighted by atomic mass is 16.8. The first kappa shape index (κ1) is 20.7. The Morgan fingerprint density at radius 2 is 1.33 bits per heavy atom. The van der Waals surface area contributed by atoms with E-state index >= 15 is 0 Å². The molecule has 21 heavy (non-hydrogen) atoms. The Kier molecular flexibility index (Phi) is 13.2. The summed E-state index contributed by atoms with van der Waals surface area (Å²) in [6, 6.07) is 0.0358. The van der Waals surface area contributed by atoms with Crippen LogP contribution in [0.15, 0.2) is 0 Å². The summed E-state index contributed by atoms with van der Waals surface area (Å²) in [5, 5.41) is 0. The second kappa shape index (κ2) is 13.4. The van der Waals surface area contributed by atoms with Crippen molar-refractivity contribution in [2.24, 2.45) is 5.73 Å². The lowest BCUT2D eigenvalue weighted by Gasteiger charge is -2.19. The first-order valence-corrected chi connectivity index (χ1v) is 7.35. The Balaban J connectivity index is 3.45. The molecule has 0 saturated carbocycles. The maximum atomic E-state index is 5.74. The van der Waals surface area contributed by atoms with Crippen LogP contribution >= 0.6 is 0 Å². The van der Waals surface area contributed by atoms with Crippen LogP contribution in [0.25, 0.3) is 0 Å². The van der Waals surface area contributed by atoms with Crippen molar-refractivity contribution in [3.05, 3.63) is 0 Å². The van der Waals surface area contributed by atoms with E-state index in [9.17, 15) is 0 Å². The first-order valence-electron chi connectivity index (χ1n) is 7.35. The molecule has 0 rings (SSSR count). The van der Waals surface area contributed by atoms with Crippen LogP contribution in [-0.4, -0.2) is 58.6 Å². The van der Waals surface area contributed by atoms with E-state index in [1.54, 1.807) is 21.0 Å². The molecule has 0 aliphatic rings. The Morgan fingerprint density at radius 3 is 1.86 bits per heavy atom. The lowest BCUT2D eigenvalue weighted by molar-refractivity contribution is -0.241. The van der Waals surface area contributed by atoms with Gasteiger partial charge in [-0.05, 0) is 27.2 Å². The lowest BCUT2D eigenvalue weighted by atomic mass is 10.3. The number of hydrogen-bond acceptors (Lipinski definition) is 7. The van der Waals surface area contributed by atoms with Gasteiger partial charge in [-0.1, -0.05) is 6.92 Å². The maximum Gasteiger partial charge on any atom is 0.157 e. The highest BCUT2D eigenvalue weighted by Crippen LogP contribution is 2.00. The Bertz CT molecular complexity index is 232. The monoisotopic (exact) mass is 309 g/mol. The molecule has 0 aliphatic heterocycles. The van der Waals surface area contributed by atoms with Crippen molar-refractivity contribution in [2.75, 3.05) is 33.7 Å². The zero-order chi connectivity index (χ0) is 16.1. The zero-order valence-electron chi connectivity index (χ0n) is 13.9. The second-order valence-corrected chi connectivity index (χ2v) is 4.63. The topological polar surface area (TPSA) is 81.4 Å². The molecule has 7 heteroatoms. The molecular weight excluding hydrogens is 278 g/mol. The predicted molar refractivity (Wildman–Crippen MR) is 78.6 cm³/mol. The SMILES string of the molecule is CCC(N)COC(C)OCOC(C)OCCOC(C)OC. The average Bonchev–Trinajstić information content (AvgIpc) is 2.48. The molecular formula is C14H31NO6. The van der Waals surface area contributed by atoms with Gasteiger partial charge in [0.05, 0.1) is 19.8 Å². The lowest BCUT2D eigenvalue weighted by Crippen LogP contribution is -2.29. The van der Waals surface area contributed by atoms with Crippen molar-refractivity contribution in [2.45, 2.75) is 59.0 Å². The van der Waals surface area contributed by atoms with Gasteiger partial charge in [-0.2, -0.15) is 0 Å². The van der Waals surface area contributed by atoms with Gasteiger partial charge in [0.15, 0.2) is 25.7 Å². The summed E-state index contributed by atoms with van der Waals surface area (Å²) in [4.78, 5) is 0. The second-order valence-electron chi connectivity index (χ2n) is 4.63. The van der Waals surface area contributed by atoms with Crippen LogP contribution in [0.3, 0.4) is 0 Å². The van der Waals surface area contributed by atoms with Gasteiger partial charge in [0, 0.05) is 13.2 Å². The van der Waals surface area contributed by atoms with Crippen molar-refractivity contribution in [3.63, 3.8) is 0 Å². The van der Waals surface area contributed by atoms with E-state index in [0.717, 1.165) is 6.42 Å². The molecule has 0 spiro atoms. The van der Waals surface area contributed by atoms with Crippen LogP contribution in [0.4, 0.5) is 0 Å². The highest BCUT2D eigenvalue weighted by molar-refractivity contribution is 4.55. The van der Waals surface area contributed by atoms with Gasteiger partial charge in [0.1, 0.15) is 0 Å². The van der Waals surface area contributed by atoms with E-state index in [1.807, 2.05) is 13.8 Å².